The van der Waals surface area contributed by atoms with E-state index in [1.54, 1.807) is 0 Å². The van der Waals surface area contributed by atoms with Crippen molar-refractivity contribution in [3.05, 3.63) is 35.4 Å². The number of nitrogens with one attached hydrogen (secondary N) is 1. The molecule has 0 aliphatic heterocycles. The summed E-state index contributed by atoms with van der Waals surface area (Å²) in [4.78, 5) is 0. The number of halogens is 2. The second-order valence-corrected chi connectivity index (χ2v) is 4.99. The highest BCUT2D eigenvalue weighted by Gasteiger charge is 2.05. The fourth-order valence-corrected chi connectivity index (χ4v) is 1.99. The van der Waals surface area contributed by atoms with E-state index < -0.39 is 13.0 Å². The summed E-state index contributed by atoms with van der Waals surface area (Å²) in [6, 6.07) is 8.78. The lowest BCUT2D eigenvalue weighted by Crippen LogP contribution is -2.24. The Balaban J connectivity index is 2.26. The minimum atomic E-state index is -2.39. The van der Waals surface area contributed by atoms with Gasteiger partial charge in [0.05, 0.1) is 6.61 Å². The molecule has 0 aliphatic carbocycles. The normalized spacial score (nSPS) is 12.8. The van der Waals surface area contributed by atoms with Crippen molar-refractivity contribution in [2.24, 2.45) is 0 Å². The van der Waals surface area contributed by atoms with Crippen molar-refractivity contribution in [2.75, 3.05) is 19.8 Å². The summed E-state index contributed by atoms with van der Waals surface area (Å²) in [5.74, 6) is 0. The first-order chi connectivity index (χ1) is 9.63. The molecule has 0 fully saturated rings. The first-order valence-electron chi connectivity index (χ1n) is 7.31. The van der Waals surface area contributed by atoms with Crippen LogP contribution >= 0.6 is 0 Å². The zero-order chi connectivity index (χ0) is 14.8. The van der Waals surface area contributed by atoms with E-state index >= 15 is 0 Å². The fraction of sp³-hybridized carbons (Fsp3) is 0.625. The molecule has 114 valence electrons. The molecule has 0 bridgehead atoms. The van der Waals surface area contributed by atoms with Gasteiger partial charge in [-0.15, -0.1) is 0 Å². The van der Waals surface area contributed by atoms with E-state index in [0.717, 1.165) is 6.42 Å². The molecule has 1 aromatic rings. The number of ether oxygens (including phenoxy) is 1. The van der Waals surface area contributed by atoms with E-state index in [2.05, 4.69) is 43.4 Å². The van der Waals surface area contributed by atoms with Crippen LogP contribution in [0.2, 0.25) is 0 Å². The Morgan fingerprint density at radius 3 is 2.50 bits per heavy atom. The van der Waals surface area contributed by atoms with Gasteiger partial charge < -0.3 is 10.1 Å². The van der Waals surface area contributed by atoms with Crippen LogP contribution in [-0.2, 0) is 11.2 Å². The van der Waals surface area contributed by atoms with E-state index in [4.69, 9.17) is 4.74 Å². The van der Waals surface area contributed by atoms with Crippen LogP contribution in [0.4, 0.5) is 8.78 Å². The maximum atomic E-state index is 11.9. The molecule has 2 nitrogen and oxygen atoms in total. The maximum Gasteiger partial charge on any atom is 0.261 e. The molecule has 20 heavy (non-hydrogen) atoms. The number of hydrogen-bond acceptors (Lipinski definition) is 2. The largest absolute Gasteiger partial charge is 0.374 e. The van der Waals surface area contributed by atoms with Gasteiger partial charge in [-0.05, 0) is 30.9 Å². The lowest BCUT2D eigenvalue weighted by atomic mass is 10.0. The summed E-state index contributed by atoms with van der Waals surface area (Å²) in [6.45, 7) is 4.65. The Kier molecular flexibility index (Phi) is 8.38. The molecule has 0 aliphatic rings. The standard InChI is InChI=1S/C16H25F2NO/c1-3-4-5-14-6-8-15(9-7-14)13(2)19-10-11-20-12-16(17)18/h6-9,13,16,19H,3-5,10-12H2,1-2H3. The van der Waals surface area contributed by atoms with Gasteiger partial charge in [0, 0.05) is 12.6 Å². The second kappa shape index (κ2) is 9.83. The van der Waals surface area contributed by atoms with Crippen LogP contribution in [0, 0.1) is 0 Å². The van der Waals surface area contributed by atoms with Crippen LogP contribution in [0.25, 0.3) is 0 Å². The Morgan fingerprint density at radius 2 is 1.90 bits per heavy atom. The Bertz CT molecular complexity index is 354. The van der Waals surface area contributed by atoms with Gasteiger partial charge in [0.15, 0.2) is 0 Å². The summed E-state index contributed by atoms with van der Waals surface area (Å²) in [7, 11) is 0. The van der Waals surface area contributed by atoms with Gasteiger partial charge in [0.2, 0.25) is 0 Å². The summed E-state index contributed by atoms with van der Waals surface area (Å²) in [5, 5.41) is 3.27. The molecular formula is C16H25F2NO. The van der Waals surface area contributed by atoms with Crippen molar-refractivity contribution < 1.29 is 13.5 Å². The third kappa shape index (κ3) is 6.96. The lowest BCUT2D eigenvalue weighted by Gasteiger charge is -2.15. The monoisotopic (exact) mass is 285 g/mol. The molecular weight excluding hydrogens is 260 g/mol. The molecule has 0 aromatic heterocycles. The minimum absolute atomic E-state index is 0.199. The summed E-state index contributed by atoms with van der Waals surface area (Å²) >= 11 is 0. The van der Waals surface area contributed by atoms with E-state index in [9.17, 15) is 8.78 Å². The highest BCUT2D eigenvalue weighted by atomic mass is 19.3. The SMILES string of the molecule is CCCCc1ccc(C(C)NCCOCC(F)F)cc1. The fourth-order valence-electron chi connectivity index (χ4n) is 1.99. The van der Waals surface area contributed by atoms with Crippen LogP contribution < -0.4 is 5.32 Å². The number of benzene rings is 1. The molecule has 0 saturated carbocycles. The van der Waals surface area contributed by atoms with Crippen LogP contribution in [0.3, 0.4) is 0 Å². The molecule has 0 spiro atoms. The predicted octanol–water partition coefficient (Wildman–Crippen LogP) is 3.96. The Labute approximate surface area is 120 Å². The number of alkyl halides is 2. The van der Waals surface area contributed by atoms with Crippen molar-refractivity contribution in [3.63, 3.8) is 0 Å². The predicted molar refractivity (Wildman–Crippen MR) is 78.3 cm³/mol. The molecule has 1 N–H and O–H groups in total. The summed E-state index contributed by atoms with van der Waals surface area (Å²) < 4.78 is 28.6. The molecule has 1 unspecified atom stereocenters. The van der Waals surface area contributed by atoms with Crippen LogP contribution in [-0.4, -0.2) is 26.2 Å². The number of aryl methyl sites for hydroxylation is 1. The number of hydrogen-bond donors (Lipinski definition) is 1. The first-order valence-corrected chi connectivity index (χ1v) is 7.31. The highest BCUT2D eigenvalue weighted by molar-refractivity contribution is 5.24. The Hall–Kier alpha value is -1.00. The number of unbranched alkanes of at least 4 members (excludes halogenated alkanes) is 1. The molecule has 1 rings (SSSR count). The van der Waals surface area contributed by atoms with Gasteiger partial charge in [-0.3, -0.25) is 0 Å². The first kappa shape index (κ1) is 17.1. The average Bonchev–Trinajstić information content (AvgIpc) is 2.44. The zero-order valence-electron chi connectivity index (χ0n) is 12.4. The van der Waals surface area contributed by atoms with Gasteiger partial charge in [0.1, 0.15) is 6.61 Å². The smallest absolute Gasteiger partial charge is 0.261 e. The maximum absolute atomic E-state index is 11.9. The summed E-state index contributed by atoms with van der Waals surface area (Å²) in [6.07, 6.45) is 1.16. The van der Waals surface area contributed by atoms with Crippen molar-refractivity contribution in [3.8, 4) is 0 Å². The highest BCUT2D eigenvalue weighted by Crippen LogP contribution is 2.14. The van der Waals surface area contributed by atoms with Crippen molar-refractivity contribution in [2.45, 2.75) is 45.6 Å². The molecule has 4 heteroatoms. The van der Waals surface area contributed by atoms with Crippen molar-refractivity contribution in [1.29, 1.82) is 0 Å². The lowest BCUT2D eigenvalue weighted by molar-refractivity contribution is 0.0183. The van der Waals surface area contributed by atoms with Crippen LogP contribution in [0.5, 0.6) is 0 Å². The minimum Gasteiger partial charge on any atom is -0.374 e. The topological polar surface area (TPSA) is 21.3 Å². The second-order valence-electron chi connectivity index (χ2n) is 4.99. The third-order valence-corrected chi connectivity index (χ3v) is 3.24. The molecule has 0 heterocycles. The van der Waals surface area contributed by atoms with Gasteiger partial charge in [-0.2, -0.15) is 0 Å². The molecule has 0 saturated heterocycles. The van der Waals surface area contributed by atoms with Gasteiger partial charge >= 0.3 is 0 Å². The van der Waals surface area contributed by atoms with Gasteiger partial charge in [0.25, 0.3) is 6.43 Å². The van der Waals surface area contributed by atoms with Gasteiger partial charge in [-0.25, -0.2) is 8.78 Å². The van der Waals surface area contributed by atoms with Crippen molar-refractivity contribution >= 4 is 0 Å². The van der Waals surface area contributed by atoms with E-state index in [0.29, 0.717) is 13.2 Å². The van der Waals surface area contributed by atoms with Gasteiger partial charge in [-0.1, -0.05) is 37.6 Å². The third-order valence-electron chi connectivity index (χ3n) is 3.24. The quantitative estimate of drug-likeness (QED) is 0.657. The molecule has 1 atom stereocenters. The summed E-state index contributed by atoms with van der Waals surface area (Å²) in [5.41, 5.74) is 2.57. The van der Waals surface area contributed by atoms with E-state index in [1.807, 2.05) is 0 Å². The van der Waals surface area contributed by atoms with Crippen LogP contribution in [0.1, 0.15) is 43.9 Å². The van der Waals surface area contributed by atoms with E-state index in [-0.39, 0.29) is 6.04 Å². The average molecular weight is 285 g/mol. The van der Waals surface area contributed by atoms with Crippen LogP contribution in [0.15, 0.2) is 24.3 Å². The Morgan fingerprint density at radius 1 is 1.20 bits per heavy atom. The molecule has 1 aromatic carbocycles. The van der Waals surface area contributed by atoms with E-state index in [1.165, 1.54) is 24.0 Å². The van der Waals surface area contributed by atoms with Crippen molar-refractivity contribution in [1.82, 2.24) is 5.32 Å². The number of rotatable bonds is 10. The zero-order valence-corrected chi connectivity index (χ0v) is 12.4. The molecule has 0 amide bonds. The molecule has 0 radical (unpaired) electrons.